The minimum Gasteiger partial charge on any atom is -0.340 e. The van der Waals surface area contributed by atoms with Crippen molar-refractivity contribution in [1.82, 2.24) is 19.7 Å². The van der Waals surface area contributed by atoms with Crippen molar-refractivity contribution >= 4 is 11.8 Å². The fourth-order valence-electron chi connectivity index (χ4n) is 3.44. The Morgan fingerprint density at radius 2 is 1.81 bits per heavy atom. The zero-order valence-electron chi connectivity index (χ0n) is 14.3. The number of likely N-dealkylation sites (tertiary alicyclic amines) is 1. The van der Waals surface area contributed by atoms with E-state index in [1.807, 2.05) is 12.1 Å². The predicted octanol–water partition coefficient (Wildman–Crippen LogP) is 1.14. The normalized spacial score (nSPS) is 22.1. The van der Waals surface area contributed by atoms with E-state index in [0.29, 0.717) is 13.1 Å². The van der Waals surface area contributed by atoms with Crippen molar-refractivity contribution in [3.05, 3.63) is 30.1 Å². The molecule has 2 aliphatic heterocycles. The highest BCUT2D eigenvalue weighted by molar-refractivity contribution is 5.89. The van der Waals surface area contributed by atoms with E-state index in [1.54, 1.807) is 22.2 Å². The van der Waals surface area contributed by atoms with Crippen LogP contribution in [0.4, 0.5) is 13.2 Å². The molecule has 0 N–H and O–H groups in total. The zero-order chi connectivity index (χ0) is 18.7. The second kappa shape index (κ2) is 7.61. The third kappa shape index (κ3) is 4.72. The lowest BCUT2D eigenvalue weighted by Gasteiger charge is -2.36. The van der Waals surface area contributed by atoms with Gasteiger partial charge in [-0.05, 0) is 17.7 Å². The predicted molar refractivity (Wildman–Crippen MR) is 86.8 cm³/mol. The lowest BCUT2D eigenvalue weighted by molar-refractivity contribution is -0.152. The Morgan fingerprint density at radius 1 is 1.15 bits per heavy atom. The Hall–Kier alpha value is -2.16. The summed E-state index contributed by atoms with van der Waals surface area (Å²) in [7, 11) is 0. The number of halogens is 3. The average Bonchev–Trinajstić information content (AvgIpc) is 2.95. The van der Waals surface area contributed by atoms with Crippen LogP contribution >= 0.6 is 0 Å². The minimum atomic E-state index is -4.22. The molecule has 0 aliphatic carbocycles. The van der Waals surface area contributed by atoms with Gasteiger partial charge in [0.1, 0.15) is 0 Å². The second-order valence-corrected chi connectivity index (χ2v) is 6.75. The first-order valence-corrected chi connectivity index (χ1v) is 8.56. The molecule has 1 aromatic rings. The van der Waals surface area contributed by atoms with Gasteiger partial charge in [0.2, 0.25) is 11.8 Å². The van der Waals surface area contributed by atoms with Crippen LogP contribution in [0.15, 0.2) is 24.5 Å². The standard InChI is InChI=1S/C17H21F3N4O2/c18-17(19,20)12-22-5-7-23(8-6-22)16(26)14-9-15(25)24(11-14)10-13-1-3-21-4-2-13/h1-4,14H,5-12H2/t14-/m1/s1. The molecule has 2 saturated heterocycles. The van der Waals surface area contributed by atoms with Gasteiger partial charge in [-0.15, -0.1) is 0 Å². The lowest BCUT2D eigenvalue weighted by atomic mass is 10.1. The quantitative estimate of drug-likeness (QED) is 0.798. The first-order valence-electron chi connectivity index (χ1n) is 8.56. The Labute approximate surface area is 149 Å². The van der Waals surface area contributed by atoms with Crippen LogP contribution in [0.1, 0.15) is 12.0 Å². The van der Waals surface area contributed by atoms with Crippen molar-refractivity contribution in [3.8, 4) is 0 Å². The van der Waals surface area contributed by atoms with Crippen LogP contribution in [0.2, 0.25) is 0 Å². The van der Waals surface area contributed by atoms with E-state index in [-0.39, 0.29) is 44.4 Å². The number of alkyl halides is 3. The maximum absolute atomic E-state index is 12.6. The average molecular weight is 370 g/mol. The van der Waals surface area contributed by atoms with Gasteiger partial charge in [0.05, 0.1) is 12.5 Å². The fraction of sp³-hybridized carbons (Fsp3) is 0.588. The largest absolute Gasteiger partial charge is 0.401 e. The number of nitrogens with zero attached hydrogens (tertiary/aromatic N) is 4. The Morgan fingerprint density at radius 3 is 2.42 bits per heavy atom. The molecule has 1 atom stereocenters. The van der Waals surface area contributed by atoms with E-state index >= 15 is 0 Å². The SMILES string of the molecule is O=C1C[C@@H](C(=O)N2CCN(CC(F)(F)F)CC2)CN1Cc1ccncc1. The van der Waals surface area contributed by atoms with Crippen LogP contribution in [0.5, 0.6) is 0 Å². The Balaban J connectivity index is 1.51. The molecule has 2 fully saturated rings. The van der Waals surface area contributed by atoms with Crippen LogP contribution in [-0.2, 0) is 16.1 Å². The number of hydrogen-bond donors (Lipinski definition) is 0. The molecule has 0 aromatic carbocycles. The van der Waals surface area contributed by atoms with E-state index in [0.717, 1.165) is 5.56 Å². The lowest BCUT2D eigenvalue weighted by Crippen LogP contribution is -2.52. The topological polar surface area (TPSA) is 56.8 Å². The summed E-state index contributed by atoms with van der Waals surface area (Å²) < 4.78 is 37.3. The molecule has 26 heavy (non-hydrogen) atoms. The molecule has 0 radical (unpaired) electrons. The van der Waals surface area contributed by atoms with E-state index in [9.17, 15) is 22.8 Å². The van der Waals surface area contributed by atoms with Gasteiger partial charge >= 0.3 is 6.18 Å². The summed E-state index contributed by atoms with van der Waals surface area (Å²) in [5, 5.41) is 0. The van der Waals surface area contributed by atoms with Gasteiger partial charge in [0.25, 0.3) is 0 Å². The van der Waals surface area contributed by atoms with E-state index in [2.05, 4.69) is 4.98 Å². The molecular formula is C17H21F3N4O2. The molecule has 2 amide bonds. The summed E-state index contributed by atoms with van der Waals surface area (Å²) in [6, 6.07) is 3.64. The number of pyridine rings is 1. The van der Waals surface area contributed by atoms with Crippen molar-refractivity contribution in [2.75, 3.05) is 39.3 Å². The van der Waals surface area contributed by atoms with Gasteiger partial charge in [-0.2, -0.15) is 13.2 Å². The number of piperazine rings is 1. The molecule has 142 valence electrons. The van der Waals surface area contributed by atoms with Crippen molar-refractivity contribution in [1.29, 1.82) is 0 Å². The number of carbonyl (C=O) groups excluding carboxylic acids is 2. The molecule has 0 bridgehead atoms. The van der Waals surface area contributed by atoms with Crippen molar-refractivity contribution < 1.29 is 22.8 Å². The summed E-state index contributed by atoms with van der Waals surface area (Å²) in [6.45, 7) is 0.775. The minimum absolute atomic E-state index is 0.0733. The monoisotopic (exact) mass is 370 g/mol. The van der Waals surface area contributed by atoms with E-state index in [4.69, 9.17) is 0 Å². The van der Waals surface area contributed by atoms with Crippen LogP contribution in [0.25, 0.3) is 0 Å². The molecule has 2 aliphatic rings. The van der Waals surface area contributed by atoms with Gasteiger partial charge in [-0.3, -0.25) is 19.5 Å². The van der Waals surface area contributed by atoms with Gasteiger partial charge in [0, 0.05) is 58.1 Å². The van der Waals surface area contributed by atoms with Crippen molar-refractivity contribution in [2.24, 2.45) is 5.92 Å². The summed E-state index contributed by atoms with van der Waals surface area (Å²) in [5.74, 6) is -0.628. The number of aromatic nitrogens is 1. The number of rotatable bonds is 4. The number of carbonyl (C=O) groups is 2. The molecule has 0 unspecified atom stereocenters. The number of amides is 2. The molecule has 3 heterocycles. The zero-order valence-corrected chi connectivity index (χ0v) is 14.3. The van der Waals surface area contributed by atoms with Crippen molar-refractivity contribution in [3.63, 3.8) is 0 Å². The van der Waals surface area contributed by atoms with E-state index in [1.165, 1.54) is 4.90 Å². The molecule has 3 rings (SSSR count). The first kappa shape index (κ1) is 18.6. The maximum atomic E-state index is 12.6. The van der Waals surface area contributed by atoms with Gasteiger partial charge in [-0.25, -0.2) is 0 Å². The summed E-state index contributed by atoms with van der Waals surface area (Å²) >= 11 is 0. The van der Waals surface area contributed by atoms with E-state index < -0.39 is 18.6 Å². The summed E-state index contributed by atoms with van der Waals surface area (Å²) in [5.41, 5.74) is 0.946. The maximum Gasteiger partial charge on any atom is 0.401 e. The van der Waals surface area contributed by atoms with Gasteiger partial charge in [-0.1, -0.05) is 0 Å². The second-order valence-electron chi connectivity index (χ2n) is 6.75. The third-order valence-corrected chi connectivity index (χ3v) is 4.77. The third-order valence-electron chi connectivity index (χ3n) is 4.77. The summed E-state index contributed by atoms with van der Waals surface area (Å²) in [4.78, 5) is 33.3. The van der Waals surface area contributed by atoms with Crippen LogP contribution in [-0.4, -0.2) is 76.9 Å². The molecule has 9 heteroatoms. The molecule has 6 nitrogen and oxygen atoms in total. The van der Waals surface area contributed by atoms with Gasteiger partial charge in [0.15, 0.2) is 0 Å². The first-order chi connectivity index (χ1) is 12.3. The van der Waals surface area contributed by atoms with Crippen molar-refractivity contribution in [2.45, 2.75) is 19.1 Å². The summed E-state index contributed by atoms with van der Waals surface area (Å²) in [6.07, 6.45) is -0.762. The van der Waals surface area contributed by atoms with Crippen LogP contribution in [0.3, 0.4) is 0 Å². The van der Waals surface area contributed by atoms with Gasteiger partial charge < -0.3 is 9.80 Å². The molecule has 1 aromatic heterocycles. The highest BCUT2D eigenvalue weighted by atomic mass is 19.4. The highest BCUT2D eigenvalue weighted by Gasteiger charge is 2.38. The van der Waals surface area contributed by atoms with Crippen LogP contribution in [0, 0.1) is 5.92 Å². The molecule has 0 spiro atoms. The number of hydrogen-bond acceptors (Lipinski definition) is 4. The highest BCUT2D eigenvalue weighted by Crippen LogP contribution is 2.23. The molecule has 0 saturated carbocycles. The smallest absolute Gasteiger partial charge is 0.340 e. The van der Waals surface area contributed by atoms with Crippen LogP contribution < -0.4 is 0 Å². The Bertz CT molecular complexity index is 645. The molecular weight excluding hydrogens is 349 g/mol. The Kier molecular flexibility index (Phi) is 5.45. The fourth-order valence-corrected chi connectivity index (χ4v) is 3.44.